The van der Waals surface area contributed by atoms with Crippen LogP contribution < -0.4 is 0 Å². The summed E-state index contributed by atoms with van der Waals surface area (Å²) in [6, 6.07) is 4.47. The number of halogens is 2. The van der Waals surface area contributed by atoms with Crippen molar-refractivity contribution in [3.63, 3.8) is 0 Å². The first kappa shape index (κ1) is 12.2. The topological polar surface area (TPSA) is 17.1 Å². The summed E-state index contributed by atoms with van der Waals surface area (Å²) in [6.07, 6.45) is 5.58. The number of hydrogen-bond acceptors (Lipinski definition) is 1. The summed E-state index contributed by atoms with van der Waals surface area (Å²) < 4.78 is 13.3. The van der Waals surface area contributed by atoms with E-state index in [-0.39, 0.29) is 10.8 Å². The van der Waals surface area contributed by atoms with Crippen LogP contribution in [0, 0.1) is 23.6 Å². The van der Waals surface area contributed by atoms with Crippen molar-refractivity contribution in [1.82, 2.24) is 0 Å². The summed E-state index contributed by atoms with van der Waals surface area (Å²) in [4.78, 5) is 12.2. The van der Waals surface area contributed by atoms with Gasteiger partial charge < -0.3 is 0 Å². The average molecular weight is 267 g/mol. The molecule has 18 heavy (non-hydrogen) atoms. The van der Waals surface area contributed by atoms with E-state index in [1.165, 1.54) is 31.7 Å². The Bertz CT molecular complexity index is 485. The molecule has 3 unspecified atom stereocenters. The van der Waals surface area contributed by atoms with Crippen LogP contribution in [0.1, 0.15) is 42.5 Å². The van der Waals surface area contributed by atoms with Gasteiger partial charge in [-0.25, -0.2) is 4.39 Å². The van der Waals surface area contributed by atoms with Crippen molar-refractivity contribution >= 4 is 17.4 Å². The number of carbonyl (C=O) groups excluding carboxylic acids is 1. The molecule has 0 spiro atoms. The Balaban J connectivity index is 1.73. The monoisotopic (exact) mass is 266 g/mol. The second kappa shape index (κ2) is 4.65. The van der Waals surface area contributed by atoms with Crippen molar-refractivity contribution in [3.05, 3.63) is 34.6 Å². The molecule has 0 aliphatic heterocycles. The van der Waals surface area contributed by atoms with Crippen LogP contribution in [0.15, 0.2) is 18.2 Å². The Hall–Kier alpha value is -0.890. The van der Waals surface area contributed by atoms with E-state index in [0.29, 0.717) is 23.8 Å². The molecule has 2 aliphatic carbocycles. The maximum Gasteiger partial charge on any atom is 0.164 e. The second-order valence-electron chi connectivity index (χ2n) is 5.66. The highest BCUT2D eigenvalue weighted by atomic mass is 35.5. The fourth-order valence-electron chi connectivity index (χ4n) is 3.69. The van der Waals surface area contributed by atoms with Crippen LogP contribution in [0.25, 0.3) is 0 Å². The molecule has 0 heterocycles. The van der Waals surface area contributed by atoms with Gasteiger partial charge in [0, 0.05) is 12.0 Å². The third-order valence-electron chi connectivity index (χ3n) is 4.58. The lowest BCUT2D eigenvalue weighted by Crippen LogP contribution is -2.15. The fourth-order valence-corrected chi connectivity index (χ4v) is 3.93. The highest BCUT2D eigenvalue weighted by molar-refractivity contribution is 6.34. The summed E-state index contributed by atoms with van der Waals surface area (Å²) in [5, 5.41) is -0.0225. The molecule has 0 radical (unpaired) electrons. The highest BCUT2D eigenvalue weighted by Gasteiger charge is 2.40. The van der Waals surface area contributed by atoms with E-state index >= 15 is 0 Å². The zero-order valence-corrected chi connectivity index (χ0v) is 10.9. The van der Waals surface area contributed by atoms with Crippen LogP contribution in [-0.4, -0.2) is 5.78 Å². The maximum absolute atomic E-state index is 13.3. The molecule has 3 atom stereocenters. The van der Waals surface area contributed by atoms with Gasteiger partial charge in [-0.1, -0.05) is 24.1 Å². The summed E-state index contributed by atoms with van der Waals surface area (Å²) >= 11 is 5.86. The molecule has 2 bridgehead atoms. The number of benzene rings is 1. The lowest BCUT2D eigenvalue weighted by molar-refractivity contribution is 0.0944. The fraction of sp³-hybridized carbons (Fsp3) is 0.533. The minimum atomic E-state index is -0.504. The van der Waals surface area contributed by atoms with Gasteiger partial charge in [-0.15, -0.1) is 0 Å². The standard InChI is InChI=1S/C15H16ClFO/c16-15-12(2-1-3-13(15)17)14(18)8-11-7-9-4-5-10(11)6-9/h1-3,9-11H,4-8H2. The largest absolute Gasteiger partial charge is 0.294 e. The SMILES string of the molecule is O=C(CC1CC2CCC1C2)c1cccc(F)c1Cl. The van der Waals surface area contributed by atoms with Crippen molar-refractivity contribution in [1.29, 1.82) is 0 Å². The number of fused-ring (bicyclic) bond motifs is 2. The first-order chi connectivity index (χ1) is 8.65. The predicted molar refractivity (Wildman–Crippen MR) is 69.3 cm³/mol. The molecule has 2 aliphatic rings. The number of rotatable bonds is 3. The lowest BCUT2D eigenvalue weighted by atomic mass is 9.84. The Kier molecular flexibility index (Phi) is 3.14. The third kappa shape index (κ3) is 2.07. The first-order valence-electron chi connectivity index (χ1n) is 6.62. The third-order valence-corrected chi connectivity index (χ3v) is 4.97. The Morgan fingerprint density at radius 2 is 2.17 bits per heavy atom. The molecule has 0 saturated heterocycles. The Labute approximate surface area is 111 Å². The van der Waals surface area contributed by atoms with E-state index in [1.807, 2.05) is 0 Å². The highest BCUT2D eigenvalue weighted by Crippen LogP contribution is 2.49. The molecule has 1 aromatic carbocycles. The van der Waals surface area contributed by atoms with Crippen LogP contribution in [0.3, 0.4) is 0 Å². The molecule has 2 fully saturated rings. The van der Waals surface area contributed by atoms with Gasteiger partial charge in [0.25, 0.3) is 0 Å². The second-order valence-corrected chi connectivity index (χ2v) is 6.04. The Morgan fingerprint density at radius 3 is 2.83 bits per heavy atom. The van der Waals surface area contributed by atoms with Gasteiger partial charge in [0.05, 0.1) is 5.02 Å². The minimum absolute atomic E-state index is 0.00273. The zero-order valence-electron chi connectivity index (χ0n) is 10.2. The van der Waals surface area contributed by atoms with E-state index in [0.717, 1.165) is 5.92 Å². The smallest absolute Gasteiger partial charge is 0.164 e. The van der Waals surface area contributed by atoms with Crippen molar-refractivity contribution < 1.29 is 9.18 Å². The molecule has 0 aromatic heterocycles. The molecule has 1 nitrogen and oxygen atoms in total. The maximum atomic E-state index is 13.3. The number of carbonyl (C=O) groups is 1. The number of hydrogen-bond donors (Lipinski definition) is 0. The molecule has 1 aromatic rings. The van der Waals surface area contributed by atoms with Gasteiger partial charge in [-0.2, -0.15) is 0 Å². The molecular formula is C15H16ClFO. The minimum Gasteiger partial charge on any atom is -0.294 e. The molecule has 96 valence electrons. The molecule has 2 saturated carbocycles. The van der Waals surface area contributed by atoms with Gasteiger partial charge in [0.2, 0.25) is 0 Å². The van der Waals surface area contributed by atoms with Crippen molar-refractivity contribution in [2.24, 2.45) is 17.8 Å². The van der Waals surface area contributed by atoms with Crippen LogP contribution in [0.2, 0.25) is 5.02 Å². The van der Waals surface area contributed by atoms with Crippen molar-refractivity contribution in [2.75, 3.05) is 0 Å². The van der Waals surface area contributed by atoms with Crippen molar-refractivity contribution in [3.8, 4) is 0 Å². The normalized spacial score (nSPS) is 29.8. The summed E-state index contributed by atoms with van der Waals surface area (Å²) in [6.45, 7) is 0. The zero-order chi connectivity index (χ0) is 12.7. The molecular weight excluding hydrogens is 251 g/mol. The van der Waals surface area contributed by atoms with Crippen LogP contribution >= 0.6 is 11.6 Å². The van der Waals surface area contributed by atoms with E-state index in [1.54, 1.807) is 12.1 Å². The number of Topliss-reactive ketones (excluding diaryl/α,β-unsaturated/α-hetero) is 1. The van der Waals surface area contributed by atoms with Crippen LogP contribution in [-0.2, 0) is 0 Å². The molecule has 3 heteroatoms. The first-order valence-corrected chi connectivity index (χ1v) is 7.00. The average Bonchev–Trinajstić information content (AvgIpc) is 2.94. The van der Waals surface area contributed by atoms with Crippen molar-refractivity contribution in [2.45, 2.75) is 32.1 Å². The molecule has 3 rings (SSSR count). The van der Waals surface area contributed by atoms with Gasteiger partial charge in [0.1, 0.15) is 5.82 Å². The lowest BCUT2D eigenvalue weighted by Gasteiger charge is -2.20. The quantitative estimate of drug-likeness (QED) is 0.737. The van der Waals surface area contributed by atoms with Crippen LogP contribution in [0.4, 0.5) is 4.39 Å². The van der Waals surface area contributed by atoms with E-state index in [4.69, 9.17) is 11.6 Å². The summed E-state index contributed by atoms with van der Waals surface area (Å²) in [5.41, 5.74) is 0.347. The van der Waals surface area contributed by atoms with Gasteiger partial charge in [-0.3, -0.25) is 4.79 Å². The van der Waals surface area contributed by atoms with E-state index in [9.17, 15) is 9.18 Å². The predicted octanol–water partition coefficient (Wildman–Crippen LogP) is 4.49. The number of ketones is 1. The van der Waals surface area contributed by atoms with E-state index < -0.39 is 5.82 Å². The Morgan fingerprint density at radius 1 is 1.33 bits per heavy atom. The van der Waals surface area contributed by atoms with Crippen LogP contribution in [0.5, 0.6) is 0 Å². The van der Waals surface area contributed by atoms with Gasteiger partial charge in [-0.05, 0) is 49.1 Å². The molecule has 0 amide bonds. The van der Waals surface area contributed by atoms with Gasteiger partial charge in [0.15, 0.2) is 5.78 Å². The van der Waals surface area contributed by atoms with E-state index in [2.05, 4.69) is 0 Å². The summed E-state index contributed by atoms with van der Waals surface area (Å²) in [7, 11) is 0. The molecule has 0 N–H and O–H groups in total. The van der Waals surface area contributed by atoms with Gasteiger partial charge >= 0.3 is 0 Å². The summed E-state index contributed by atoms with van der Waals surface area (Å²) in [5.74, 6) is 1.53.